The number of nitrogens with two attached hydrogens (primary N) is 1. The van der Waals surface area contributed by atoms with Crippen LogP contribution in [0.1, 0.15) is 10.4 Å². The zero-order valence-electron chi connectivity index (χ0n) is 9.45. The van der Waals surface area contributed by atoms with Gasteiger partial charge in [-0.2, -0.15) is 0 Å². The van der Waals surface area contributed by atoms with Crippen LogP contribution >= 0.6 is 27.5 Å². The molecule has 0 aliphatic heterocycles. The summed E-state index contributed by atoms with van der Waals surface area (Å²) in [5.74, 6) is -0.977. The maximum absolute atomic E-state index is 13.0. The standard InChI is InChI=1S/C12H8BrClFN3O/c13-8-4-7(5-17-11(8)14)18-12(19)6-1-2-9(15)10(16)3-6/h1-5H,16H2,(H,18,19). The van der Waals surface area contributed by atoms with Crippen LogP contribution in [-0.2, 0) is 0 Å². The molecule has 0 saturated heterocycles. The Kier molecular flexibility index (Phi) is 4.01. The number of nitrogens with zero attached hydrogens (tertiary/aromatic N) is 1. The van der Waals surface area contributed by atoms with Crippen molar-refractivity contribution in [1.82, 2.24) is 4.98 Å². The molecule has 0 aliphatic carbocycles. The Morgan fingerprint density at radius 1 is 1.42 bits per heavy atom. The van der Waals surface area contributed by atoms with Crippen molar-refractivity contribution in [3.05, 3.63) is 51.5 Å². The third-order valence-corrected chi connectivity index (χ3v) is 3.45. The molecule has 0 spiro atoms. The highest BCUT2D eigenvalue weighted by Crippen LogP contribution is 2.23. The minimum absolute atomic E-state index is 0.0805. The van der Waals surface area contributed by atoms with E-state index in [9.17, 15) is 9.18 Å². The summed E-state index contributed by atoms with van der Waals surface area (Å²) in [7, 11) is 0. The number of pyridine rings is 1. The number of nitrogen functional groups attached to an aromatic ring is 1. The average molecular weight is 345 g/mol. The Labute approximate surface area is 121 Å². The number of nitrogens with one attached hydrogen (secondary N) is 1. The predicted octanol–water partition coefficient (Wildman–Crippen LogP) is 3.47. The van der Waals surface area contributed by atoms with Crippen LogP contribution in [0.15, 0.2) is 34.9 Å². The zero-order valence-corrected chi connectivity index (χ0v) is 11.8. The summed E-state index contributed by atoms with van der Waals surface area (Å²) in [4.78, 5) is 15.8. The van der Waals surface area contributed by atoms with Gasteiger partial charge in [-0.25, -0.2) is 9.37 Å². The third kappa shape index (κ3) is 3.21. The molecule has 0 radical (unpaired) electrons. The largest absolute Gasteiger partial charge is 0.396 e. The van der Waals surface area contributed by atoms with E-state index in [2.05, 4.69) is 26.2 Å². The van der Waals surface area contributed by atoms with Gasteiger partial charge in [-0.3, -0.25) is 4.79 Å². The highest BCUT2D eigenvalue weighted by atomic mass is 79.9. The molecule has 0 saturated carbocycles. The Balaban J connectivity index is 2.20. The van der Waals surface area contributed by atoms with Crippen molar-refractivity contribution in [2.45, 2.75) is 0 Å². The van der Waals surface area contributed by atoms with Crippen LogP contribution < -0.4 is 11.1 Å². The van der Waals surface area contributed by atoms with Gasteiger partial charge in [-0.15, -0.1) is 0 Å². The first-order chi connectivity index (χ1) is 8.97. The average Bonchev–Trinajstić information content (AvgIpc) is 2.37. The van der Waals surface area contributed by atoms with Crippen LogP contribution in [0.5, 0.6) is 0 Å². The highest BCUT2D eigenvalue weighted by Gasteiger charge is 2.09. The van der Waals surface area contributed by atoms with E-state index in [1.807, 2.05) is 0 Å². The van der Waals surface area contributed by atoms with Gasteiger partial charge in [0, 0.05) is 5.56 Å². The van der Waals surface area contributed by atoms with Crippen molar-refractivity contribution in [2.75, 3.05) is 11.1 Å². The summed E-state index contributed by atoms with van der Waals surface area (Å²) in [6, 6.07) is 5.36. The molecule has 7 heteroatoms. The summed E-state index contributed by atoms with van der Waals surface area (Å²) in [5.41, 5.74) is 6.04. The van der Waals surface area contributed by atoms with Crippen molar-refractivity contribution in [1.29, 1.82) is 0 Å². The fourth-order valence-electron chi connectivity index (χ4n) is 1.38. The number of hydrogen-bond donors (Lipinski definition) is 2. The molecule has 4 nitrogen and oxygen atoms in total. The molecule has 0 aliphatic rings. The first kappa shape index (κ1) is 13.8. The molecule has 0 unspecified atom stereocenters. The minimum atomic E-state index is -0.563. The zero-order chi connectivity index (χ0) is 14.0. The molecule has 0 atom stereocenters. The van der Waals surface area contributed by atoms with E-state index in [1.54, 1.807) is 6.07 Å². The SMILES string of the molecule is Nc1cc(C(=O)Nc2cnc(Cl)c(Br)c2)ccc1F. The smallest absolute Gasteiger partial charge is 0.255 e. The first-order valence-electron chi connectivity index (χ1n) is 5.15. The monoisotopic (exact) mass is 343 g/mol. The second-order valence-electron chi connectivity index (χ2n) is 3.69. The molecular formula is C12H8BrClFN3O. The number of aromatic nitrogens is 1. The molecule has 0 bridgehead atoms. The van der Waals surface area contributed by atoms with Crippen molar-refractivity contribution in [3.8, 4) is 0 Å². The van der Waals surface area contributed by atoms with Gasteiger partial charge in [0.25, 0.3) is 5.91 Å². The van der Waals surface area contributed by atoms with Crippen molar-refractivity contribution in [3.63, 3.8) is 0 Å². The number of hydrogen-bond acceptors (Lipinski definition) is 3. The molecule has 1 heterocycles. The number of anilines is 2. The van der Waals surface area contributed by atoms with Crippen LogP contribution in [0.2, 0.25) is 5.15 Å². The lowest BCUT2D eigenvalue weighted by atomic mass is 10.2. The summed E-state index contributed by atoms with van der Waals surface area (Å²) in [5, 5.41) is 2.90. The molecule has 2 rings (SSSR count). The van der Waals surface area contributed by atoms with Gasteiger partial charge in [0.2, 0.25) is 0 Å². The Morgan fingerprint density at radius 2 is 2.16 bits per heavy atom. The lowest BCUT2D eigenvalue weighted by molar-refractivity contribution is 0.102. The molecule has 1 aromatic heterocycles. The topological polar surface area (TPSA) is 68.0 Å². The van der Waals surface area contributed by atoms with E-state index in [0.29, 0.717) is 15.3 Å². The van der Waals surface area contributed by atoms with Crippen LogP contribution in [0.3, 0.4) is 0 Å². The fraction of sp³-hybridized carbons (Fsp3) is 0. The number of amides is 1. The minimum Gasteiger partial charge on any atom is -0.396 e. The Hall–Kier alpha value is -1.66. The van der Waals surface area contributed by atoms with Crippen LogP contribution in [0.4, 0.5) is 15.8 Å². The lowest BCUT2D eigenvalue weighted by Crippen LogP contribution is -2.12. The number of carbonyl (C=O) groups is 1. The summed E-state index contributed by atoms with van der Waals surface area (Å²) >= 11 is 8.94. The van der Waals surface area contributed by atoms with E-state index in [4.69, 9.17) is 17.3 Å². The van der Waals surface area contributed by atoms with Crippen molar-refractivity contribution >= 4 is 44.8 Å². The maximum atomic E-state index is 13.0. The maximum Gasteiger partial charge on any atom is 0.255 e. The van der Waals surface area contributed by atoms with Crippen LogP contribution in [0, 0.1) is 5.82 Å². The van der Waals surface area contributed by atoms with Crippen molar-refractivity contribution in [2.24, 2.45) is 0 Å². The normalized spacial score (nSPS) is 10.3. The van der Waals surface area contributed by atoms with Crippen LogP contribution in [0.25, 0.3) is 0 Å². The summed E-state index contributed by atoms with van der Waals surface area (Å²) < 4.78 is 13.6. The molecule has 1 aromatic carbocycles. The summed E-state index contributed by atoms with van der Waals surface area (Å²) in [6.07, 6.45) is 1.41. The number of benzene rings is 1. The molecular weight excluding hydrogens is 337 g/mol. The molecule has 3 N–H and O–H groups in total. The Morgan fingerprint density at radius 3 is 2.79 bits per heavy atom. The second kappa shape index (κ2) is 5.54. The molecule has 0 fully saturated rings. The number of carbonyl (C=O) groups excluding carboxylic acids is 1. The molecule has 19 heavy (non-hydrogen) atoms. The van der Waals surface area contributed by atoms with E-state index in [-0.39, 0.29) is 11.3 Å². The highest BCUT2D eigenvalue weighted by molar-refractivity contribution is 9.10. The van der Waals surface area contributed by atoms with E-state index in [0.717, 1.165) is 6.07 Å². The number of rotatable bonds is 2. The molecule has 1 amide bonds. The van der Waals surface area contributed by atoms with Crippen LogP contribution in [-0.4, -0.2) is 10.9 Å². The van der Waals surface area contributed by atoms with E-state index < -0.39 is 11.7 Å². The van der Waals surface area contributed by atoms with E-state index >= 15 is 0 Å². The van der Waals surface area contributed by atoms with Gasteiger partial charge in [-0.05, 0) is 40.2 Å². The first-order valence-corrected chi connectivity index (χ1v) is 6.32. The Bertz CT molecular complexity index is 651. The van der Waals surface area contributed by atoms with Crippen molar-refractivity contribution < 1.29 is 9.18 Å². The van der Waals surface area contributed by atoms with Gasteiger partial charge < -0.3 is 11.1 Å². The summed E-state index contributed by atoms with van der Waals surface area (Å²) in [6.45, 7) is 0. The third-order valence-electron chi connectivity index (χ3n) is 2.31. The second-order valence-corrected chi connectivity index (χ2v) is 4.90. The van der Waals surface area contributed by atoms with Gasteiger partial charge in [0.15, 0.2) is 0 Å². The molecule has 98 valence electrons. The van der Waals surface area contributed by atoms with Gasteiger partial charge in [0.05, 0.1) is 22.0 Å². The predicted molar refractivity (Wildman–Crippen MR) is 75.7 cm³/mol. The quantitative estimate of drug-likeness (QED) is 0.647. The fourth-order valence-corrected chi connectivity index (χ4v) is 1.83. The number of halogens is 3. The molecule has 2 aromatic rings. The van der Waals surface area contributed by atoms with Gasteiger partial charge >= 0.3 is 0 Å². The van der Waals surface area contributed by atoms with Gasteiger partial charge in [-0.1, -0.05) is 11.6 Å². The van der Waals surface area contributed by atoms with Gasteiger partial charge in [0.1, 0.15) is 11.0 Å². The van der Waals surface area contributed by atoms with E-state index in [1.165, 1.54) is 18.3 Å². The lowest BCUT2D eigenvalue weighted by Gasteiger charge is -2.06.